The minimum absolute atomic E-state index is 0.376. The van der Waals surface area contributed by atoms with E-state index >= 15 is 0 Å². The van der Waals surface area contributed by atoms with Crippen LogP contribution in [0.3, 0.4) is 0 Å². The number of benzene rings is 1. The summed E-state index contributed by atoms with van der Waals surface area (Å²) in [5, 5.41) is 0.630. The molecule has 4 nitrogen and oxygen atoms in total. The SMILES string of the molecule is CC1(C)OB(c2cnc(-c3ccccc3Cl)nc2)OC1(C)C. The van der Waals surface area contributed by atoms with E-state index in [2.05, 4.69) is 9.97 Å². The predicted octanol–water partition coefficient (Wildman–Crippen LogP) is 3.10. The van der Waals surface area contributed by atoms with E-state index in [0.717, 1.165) is 11.0 Å². The molecule has 0 N–H and O–H groups in total. The average molecular weight is 317 g/mol. The lowest BCUT2D eigenvalue weighted by atomic mass is 9.81. The number of aromatic nitrogens is 2. The second-order valence-electron chi connectivity index (χ2n) is 6.41. The molecule has 22 heavy (non-hydrogen) atoms. The van der Waals surface area contributed by atoms with Gasteiger partial charge in [0.1, 0.15) is 0 Å². The van der Waals surface area contributed by atoms with Gasteiger partial charge in [0.05, 0.1) is 16.2 Å². The Morgan fingerprint density at radius 1 is 0.955 bits per heavy atom. The van der Waals surface area contributed by atoms with Crippen molar-refractivity contribution in [3.8, 4) is 11.4 Å². The van der Waals surface area contributed by atoms with Crippen LogP contribution in [-0.4, -0.2) is 28.3 Å². The third kappa shape index (κ3) is 2.64. The molecule has 1 saturated heterocycles. The van der Waals surface area contributed by atoms with Crippen molar-refractivity contribution in [1.29, 1.82) is 0 Å². The quantitative estimate of drug-likeness (QED) is 0.799. The lowest BCUT2D eigenvalue weighted by Crippen LogP contribution is -2.41. The van der Waals surface area contributed by atoms with Gasteiger partial charge in [-0.2, -0.15) is 0 Å². The molecule has 0 amide bonds. The van der Waals surface area contributed by atoms with E-state index in [-0.39, 0.29) is 11.2 Å². The van der Waals surface area contributed by atoms with Crippen molar-refractivity contribution in [2.24, 2.45) is 0 Å². The summed E-state index contributed by atoms with van der Waals surface area (Å²) in [6.45, 7) is 8.08. The molecule has 0 saturated carbocycles. The fraction of sp³-hybridized carbons (Fsp3) is 0.375. The Balaban J connectivity index is 1.86. The summed E-state index contributed by atoms with van der Waals surface area (Å²) >= 11 is 6.17. The van der Waals surface area contributed by atoms with Crippen molar-refractivity contribution in [3.63, 3.8) is 0 Å². The Morgan fingerprint density at radius 3 is 2.05 bits per heavy atom. The average Bonchev–Trinajstić information content (AvgIpc) is 2.68. The molecular formula is C16H18BClN2O2. The summed E-state index contributed by atoms with van der Waals surface area (Å²) < 4.78 is 12.0. The summed E-state index contributed by atoms with van der Waals surface area (Å²) in [6.07, 6.45) is 3.46. The molecule has 0 radical (unpaired) electrons. The molecule has 1 aliphatic heterocycles. The van der Waals surface area contributed by atoms with Crippen LogP contribution in [-0.2, 0) is 9.31 Å². The van der Waals surface area contributed by atoms with Gasteiger partial charge in [-0.05, 0) is 39.8 Å². The van der Waals surface area contributed by atoms with Crippen LogP contribution in [0.15, 0.2) is 36.7 Å². The molecular weight excluding hydrogens is 298 g/mol. The first-order chi connectivity index (χ1) is 10.3. The van der Waals surface area contributed by atoms with Crippen LogP contribution in [0.2, 0.25) is 5.02 Å². The van der Waals surface area contributed by atoms with Crippen molar-refractivity contribution in [3.05, 3.63) is 41.7 Å². The first kappa shape index (κ1) is 15.5. The number of rotatable bonds is 2. The van der Waals surface area contributed by atoms with Crippen LogP contribution in [0.4, 0.5) is 0 Å². The molecule has 0 bridgehead atoms. The largest absolute Gasteiger partial charge is 0.498 e. The molecule has 114 valence electrons. The van der Waals surface area contributed by atoms with E-state index in [9.17, 15) is 0 Å². The zero-order valence-electron chi connectivity index (χ0n) is 13.1. The zero-order valence-corrected chi connectivity index (χ0v) is 13.9. The molecule has 0 unspecified atom stereocenters. The molecule has 0 atom stereocenters. The Morgan fingerprint density at radius 2 is 1.50 bits per heavy atom. The summed E-state index contributed by atoms with van der Waals surface area (Å²) in [7, 11) is -0.453. The summed E-state index contributed by atoms with van der Waals surface area (Å²) in [5.41, 5.74) is 0.858. The molecule has 2 heterocycles. The Labute approximate surface area is 136 Å². The Hall–Kier alpha value is -1.43. The topological polar surface area (TPSA) is 44.2 Å². The highest BCUT2D eigenvalue weighted by atomic mass is 35.5. The van der Waals surface area contributed by atoms with Gasteiger partial charge in [0.25, 0.3) is 0 Å². The maximum atomic E-state index is 6.17. The van der Waals surface area contributed by atoms with E-state index in [1.165, 1.54) is 0 Å². The second kappa shape index (κ2) is 5.34. The van der Waals surface area contributed by atoms with E-state index in [1.807, 2.05) is 52.0 Å². The van der Waals surface area contributed by atoms with Gasteiger partial charge >= 0.3 is 7.12 Å². The Kier molecular flexibility index (Phi) is 3.75. The van der Waals surface area contributed by atoms with Crippen molar-refractivity contribution in [2.45, 2.75) is 38.9 Å². The van der Waals surface area contributed by atoms with Crippen LogP contribution in [0.1, 0.15) is 27.7 Å². The summed E-state index contributed by atoms with van der Waals surface area (Å²) in [5.74, 6) is 0.589. The molecule has 0 aliphatic carbocycles. The number of halogens is 1. The third-order valence-corrected chi connectivity index (χ3v) is 4.64. The fourth-order valence-corrected chi connectivity index (χ4v) is 2.44. The van der Waals surface area contributed by atoms with Crippen LogP contribution in [0.5, 0.6) is 0 Å². The number of hydrogen-bond donors (Lipinski definition) is 0. The van der Waals surface area contributed by atoms with E-state index in [1.54, 1.807) is 12.4 Å². The van der Waals surface area contributed by atoms with Gasteiger partial charge in [-0.3, -0.25) is 0 Å². The molecule has 6 heteroatoms. The molecule has 3 rings (SSSR count). The van der Waals surface area contributed by atoms with Crippen LogP contribution in [0, 0.1) is 0 Å². The second-order valence-corrected chi connectivity index (χ2v) is 6.82. The standard InChI is InChI=1S/C16H18BClN2O2/c1-15(2)16(3,4)22-17(21-15)11-9-19-14(20-10-11)12-7-5-6-8-13(12)18/h5-10H,1-4H3. The predicted molar refractivity (Wildman–Crippen MR) is 88.2 cm³/mol. The molecule has 1 aromatic carbocycles. The van der Waals surface area contributed by atoms with E-state index in [4.69, 9.17) is 20.9 Å². The van der Waals surface area contributed by atoms with Gasteiger partial charge in [-0.25, -0.2) is 9.97 Å². The molecule has 1 aliphatic rings. The molecule has 2 aromatic rings. The van der Waals surface area contributed by atoms with Gasteiger partial charge in [0, 0.05) is 23.4 Å². The minimum atomic E-state index is -0.453. The molecule has 0 spiro atoms. The lowest BCUT2D eigenvalue weighted by Gasteiger charge is -2.32. The van der Waals surface area contributed by atoms with Crippen molar-refractivity contribution < 1.29 is 9.31 Å². The first-order valence-electron chi connectivity index (χ1n) is 7.23. The fourth-order valence-electron chi connectivity index (χ4n) is 2.22. The van der Waals surface area contributed by atoms with Gasteiger partial charge in [-0.15, -0.1) is 0 Å². The highest BCUT2D eigenvalue weighted by Crippen LogP contribution is 2.36. The molecule has 1 aromatic heterocycles. The van der Waals surface area contributed by atoms with E-state index in [0.29, 0.717) is 10.8 Å². The number of hydrogen-bond acceptors (Lipinski definition) is 4. The number of nitrogens with zero attached hydrogens (tertiary/aromatic N) is 2. The normalized spacial score (nSPS) is 19.4. The van der Waals surface area contributed by atoms with Crippen LogP contribution in [0.25, 0.3) is 11.4 Å². The monoisotopic (exact) mass is 316 g/mol. The van der Waals surface area contributed by atoms with Gasteiger partial charge in [0.2, 0.25) is 0 Å². The highest BCUT2D eigenvalue weighted by molar-refractivity contribution is 6.61. The maximum Gasteiger partial charge on any atom is 0.498 e. The summed E-state index contributed by atoms with van der Waals surface area (Å²) in [4.78, 5) is 8.79. The highest BCUT2D eigenvalue weighted by Gasteiger charge is 2.51. The first-order valence-corrected chi connectivity index (χ1v) is 7.60. The summed E-state index contributed by atoms with van der Waals surface area (Å²) in [6, 6.07) is 7.51. The van der Waals surface area contributed by atoms with Crippen molar-refractivity contribution in [2.75, 3.05) is 0 Å². The van der Waals surface area contributed by atoms with Gasteiger partial charge in [0.15, 0.2) is 5.82 Å². The van der Waals surface area contributed by atoms with Crippen LogP contribution < -0.4 is 5.46 Å². The Bertz CT molecular complexity index is 673. The smallest absolute Gasteiger partial charge is 0.399 e. The van der Waals surface area contributed by atoms with Gasteiger partial charge in [-0.1, -0.05) is 23.7 Å². The minimum Gasteiger partial charge on any atom is -0.399 e. The van der Waals surface area contributed by atoms with E-state index < -0.39 is 7.12 Å². The third-order valence-electron chi connectivity index (χ3n) is 4.31. The van der Waals surface area contributed by atoms with Crippen molar-refractivity contribution in [1.82, 2.24) is 9.97 Å². The van der Waals surface area contributed by atoms with Crippen LogP contribution >= 0.6 is 11.6 Å². The van der Waals surface area contributed by atoms with Gasteiger partial charge < -0.3 is 9.31 Å². The molecule has 1 fully saturated rings. The zero-order chi connectivity index (χ0) is 16.0. The van der Waals surface area contributed by atoms with Crippen molar-refractivity contribution >= 4 is 24.2 Å². The lowest BCUT2D eigenvalue weighted by molar-refractivity contribution is 0.00578. The maximum absolute atomic E-state index is 6.17.